The van der Waals surface area contributed by atoms with Crippen LogP contribution in [0.2, 0.25) is 0 Å². The number of hydrogen-bond donors (Lipinski definition) is 1. The van der Waals surface area contributed by atoms with E-state index in [4.69, 9.17) is 5.73 Å². The number of nitrogens with zero attached hydrogens (tertiary/aromatic N) is 1. The first kappa shape index (κ1) is 13.8. The second kappa shape index (κ2) is 6.10. The Kier molecular flexibility index (Phi) is 4.02. The van der Waals surface area contributed by atoms with Crippen LogP contribution in [0.3, 0.4) is 0 Å². The minimum atomic E-state index is 0.115. The van der Waals surface area contributed by atoms with Crippen molar-refractivity contribution in [1.82, 2.24) is 4.90 Å². The molecule has 0 aliphatic carbocycles. The van der Waals surface area contributed by atoms with Gasteiger partial charge < -0.3 is 10.6 Å². The second-order valence-electron chi connectivity index (χ2n) is 5.55. The van der Waals surface area contributed by atoms with Crippen molar-refractivity contribution < 1.29 is 4.79 Å². The fourth-order valence-corrected chi connectivity index (χ4v) is 2.96. The zero-order chi connectivity index (χ0) is 14.7. The summed E-state index contributed by atoms with van der Waals surface area (Å²) in [5.74, 6) is 0.566. The van der Waals surface area contributed by atoms with E-state index < -0.39 is 0 Å². The quantitative estimate of drug-likeness (QED) is 0.939. The summed E-state index contributed by atoms with van der Waals surface area (Å²) in [4.78, 5) is 14.5. The van der Waals surface area contributed by atoms with Crippen molar-refractivity contribution in [1.29, 1.82) is 0 Å². The summed E-state index contributed by atoms with van der Waals surface area (Å²) in [6.07, 6.45) is 1.03. The van der Waals surface area contributed by atoms with Crippen molar-refractivity contribution in [2.75, 3.05) is 13.1 Å². The van der Waals surface area contributed by atoms with Crippen molar-refractivity contribution in [3.8, 4) is 0 Å². The SMILES string of the molecule is NCc1cccc(C(=O)N2CCC(c3ccccc3)C2)c1. The van der Waals surface area contributed by atoms with Crippen LogP contribution < -0.4 is 5.73 Å². The van der Waals surface area contributed by atoms with Gasteiger partial charge in [0.25, 0.3) is 5.91 Å². The maximum absolute atomic E-state index is 12.6. The second-order valence-corrected chi connectivity index (χ2v) is 5.55. The molecule has 0 bridgehead atoms. The number of hydrogen-bond acceptors (Lipinski definition) is 2. The van der Waals surface area contributed by atoms with Gasteiger partial charge in [-0.2, -0.15) is 0 Å². The molecular formula is C18H20N2O. The smallest absolute Gasteiger partial charge is 0.253 e. The molecule has 1 fully saturated rings. The topological polar surface area (TPSA) is 46.3 Å². The zero-order valence-electron chi connectivity index (χ0n) is 12.0. The van der Waals surface area contributed by atoms with Gasteiger partial charge in [-0.1, -0.05) is 42.5 Å². The molecule has 1 aliphatic rings. The third-order valence-electron chi connectivity index (χ3n) is 4.16. The van der Waals surface area contributed by atoms with E-state index in [1.807, 2.05) is 35.2 Å². The number of carbonyl (C=O) groups excluding carboxylic acids is 1. The Morgan fingerprint density at radius 1 is 1.14 bits per heavy atom. The average Bonchev–Trinajstić information content (AvgIpc) is 3.05. The Hall–Kier alpha value is -2.13. The summed E-state index contributed by atoms with van der Waals surface area (Å²) >= 11 is 0. The first-order chi connectivity index (χ1) is 10.3. The van der Waals surface area contributed by atoms with E-state index in [0.29, 0.717) is 12.5 Å². The first-order valence-electron chi connectivity index (χ1n) is 7.41. The van der Waals surface area contributed by atoms with Gasteiger partial charge in [0, 0.05) is 31.1 Å². The summed E-state index contributed by atoms with van der Waals surface area (Å²) in [5.41, 5.74) is 8.71. The predicted molar refractivity (Wildman–Crippen MR) is 84.0 cm³/mol. The molecule has 3 rings (SSSR count). The monoisotopic (exact) mass is 280 g/mol. The van der Waals surface area contributed by atoms with Gasteiger partial charge in [0.15, 0.2) is 0 Å². The van der Waals surface area contributed by atoms with Crippen molar-refractivity contribution in [3.05, 3.63) is 71.3 Å². The normalized spacial score (nSPS) is 18.0. The molecule has 0 saturated carbocycles. The van der Waals surface area contributed by atoms with Crippen LogP contribution in [0, 0.1) is 0 Å². The molecule has 2 aromatic rings. The Bertz CT molecular complexity index is 624. The van der Waals surface area contributed by atoms with E-state index in [0.717, 1.165) is 30.6 Å². The third-order valence-corrected chi connectivity index (χ3v) is 4.16. The molecule has 2 N–H and O–H groups in total. The first-order valence-corrected chi connectivity index (χ1v) is 7.41. The standard InChI is InChI=1S/C18H20N2O/c19-12-14-5-4-8-16(11-14)18(21)20-10-9-17(13-20)15-6-2-1-3-7-15/h1-8,11,17H,9-10,12-13,19H2. The molecule has 0 spiro atoms. The van der Waals surface area contributed by atoms with Crippen LogP contribution >= 0.6 is 0 Å². The van der Waals surface area contributed by atoms with E-state index >= 15 is 0 Å². The Morgan fingerprint density at radius 2 is 1.95 bits per heavy atom. The van der Waals surface area contributed by atoms with Crippen molar-refractivity contribution in [2.24, 2.45) is 5.73 Å². The Morgan fingerprint density at radius 3 is 2.71 bits per heavy atom. The number of carbonyl (C=O) groups is 1. The van der Waals surface area contributed by atoms with Crippen molar-refractivity contribution in [3.63, 3.8) is 0 Å². The van der Waals surface area contributed by atoms with Crippen molar-refractivity contribution >= 4 is 5.91 Å². The Labute approximate surface area is 125 Å². The lowest BCUT2D eigenvalue weighted by atomic mass is 9.99. The molecule has 108 valence electrons. The summed E-state index contributed by atoms with van der Waals surface area (Å²) in [5, 5.41) is 0. The van der Waals surface area contributed by atoms with Gasteiger partial charge in [0.2, 0.25) is 0 Å². The maximum atomic E-state index is 12.6. The fourth-order valence-electron chi connectivity index (χ4n) is 2.96. The van der Waals surface area contributed by atoms with Gasteiger partial charge in [-0.25, -0.2) is 0 Å². The lowest BCUT2D eigenvalue weighted by Gasteiger charge is -2.17. The van der Waals surface area contributed by atoms with Gasteiger partial charge in [-0.05, 0) is 29.7 Å². The van der Waals surface area contributed by atoms with Crippen LogP contribution in [0.1, 0.15) is 33.8 Å². The summed E-state index contributed by atoms with van der Waals surface area (Å²) in [6, 6.07) is 18.1. The maximum Gasteiger partial charge on any atom is 0.253 e. The van der Waals surface area contributed by atoms with Gasteiger partial charge in [-0.3, -0.25) is 4.79 Å². The molecule has 1 unspecified atom stereocenters. The molecule has 0 radical (unpaired) electrons. The molecule has 1 aliphatic heterocycles. The number of likely N-dealkylation sites (tertiary alicyclic amines) is 1. The summed E-state index contributed by atoms with van der Waals surface area (Å²) < 4.78 is 0. The molecule has 1 atom stereocenters. The molecule has 2 aromatic carbocycles. The Balaban J connectivity index is 1.72. The van der Waals surface area contributed by atoms with Crippen LogP contribution in [-0.4, -0.2) is 23.9 Å². The van der Waals surface area contributed by atoms with Crippen LogP contribution in [0.25, 0.3) is 0 Å². The molecule has 3 heteroatoms. The minimum Gasteiger partial charge on any atom is -0.338 e. The van der Waals surface area contributed by atoms with Crippen LogP contribution in [0.15, 0.2) is 54.6 Å². The number of nitrogens with two attached hydrogens (primary N) is 1. The van der Waals surface area contributed by atoms with E-state index in [9.17, 15) is 4.79 Å². The largest absolute Gasteiger partial charge is 0.338 e. The molecule has 3 nitrogen and oxygen atoms in total. The molecular weight excluding hydrogens is 260 g/mol. The molecule has 1 amide bonds. The lowest BCUT2D eigenvalue weighted by molar-refractivity contribution is 0.0790. The molecule has 1 heterocycles. The zero-order valence-corrected chi connectivity index (χ0v) is 12.0. The highest BCUT2D eigenvalue weighted by atomic mass is 16.2. The summed E-state index contributed by atoms with van der Waals surface area (Å²) in [6.45, 7) is 2.09. The van der Waals surface area contributed by atoms with Gasteiger partial charge in [0.05, 0.1) is 0 Å². The number of rotatable bonds is 3. The highest BCUT2D eigenvalue weighted by Crippen LogP contribution is 2.28. The average molecular weight is 280 g/mol. The highest BCUT2D eigenvalue weighted by Gasteiger charge is 2.27. The predicted octanol–water partition coefficient (Wildman–Crippen LogP) is 2.78. The number of amides is 1. The highest BCUT2D eigenvalue weighted by molar-refractivity contribution is 5.94. The molecule has 1 saturated heterocycles. The van der Waals surface area contributed by atoms with E-state index in [1.54, 1.807) is 0 Å². The van der Waals surface area contributed by atoms with Gasteiger partial charge >= 0.3 is 0 Å². The van der Waals surface area contributed by atoms with E-state index in [1.165, 1.54) is 5.56 Å². The minimum absolute atomic E-state index is 0.115. The lowest BCUT2D eigenvalue weighted by Crippen LogP contribution is -2.28. The number of benzene rings is 2. The summed E-state index contributed by atoms with van der Waals surface area (Å²) in [7, 11) is 0. The van der Waals surface area contributed by atoms with E-state index in [2.05, 4.69) is 24.3 Å². The fraction of sp³-hybridized carbons (Fsp3) is 0.278. The van der Waals surface area contributed by atoms with Crippen LogP contribution in [0.4, 0.5) is 0 Å². The molecule has 0 aromatic heterocycles. The third kappa shape index (κ3) is 2.98. The van der Waals surface area contributed by atoms with Gasteiger partial charge in [0.1, 0.15) is 0 Å². The molecule has 21 heavy (non-hydrogen) atoms. The van der Waals surface area contributed by atoms with Gasteiger partial charge in [-0.15, -0.1) is 0 Å². The van der Waals surface area contributed by atoms with E-state index in [-0.39, 0.29) is 5.91 Å². The van der Waals surface area contributed by atoms with Crippen LogP contribution in [-0.2, 0) is 6.54 Å². The van der Waals surface area contributed by atoms with Crippen molar-refractivity contribution in [2.45, 2.75) is 18.9 Å². The van der Waals surface area contributed by atoms with Crippen LogP contribution in [0.5, 0.6) is 0 Å².